The average Bonchev–Trinajstić information content (AvgIpc) is 2.36. The highest BCUT2D eigenvalue weighted by Gasteiger charge is 1.99. The molecule has 4 heteroatoms. The van der Waals surface area contributed by atoms with Gasteiger partial charge in [-0.25, -0.2) is 4.98 Å². The van der Waals surface area contributed by atoms with Crippen LogP contribution in [-0.2, 0) is 6.54 Å². The fourth-order valence-corrected chi connectivity index (χ4v) is 1.61. The Kier molecular flexibility index (Phi) is 3.37. The summed E-state index contributed by atoms with van der Waals surface area (Å²) < 4.78 is 0. The quantitative estimate of drug-likeness (QED) is 0.660. The van der Waals surface area contributed by atoms with Crippen molar-refractivity contribution in [3.8, 4) is 0 Å². The first-order chi connectivity index (χ1) is 5.72. The maximum absolute atomic E-state index is 4.37. The van der Waals surface area contributed by atoms with Gasteiger partial charge in [-0.15, -0.1) is 11.3 Å². The van der Waals surface area contributed by atoms with Crippen molar-refractivity contribution in [1.29, 1.82) is 0 Å². The maximum Gasteiger partial charge on any atom is 0.134 e. The van der Waals surface area contributed by atoms with Crippen molar-refractivity contribution in [2.24, 2.45) is 4.99 Å². The zero-order valence-electron chi connectivity index (χ0n) is 7.61. The van der Waals surface area contributed by atoms with Crippen molar-refractivity contribution in [3.05, 3.63) is 16.1 Å². The molecule has 0 amide bonds. The normalized spacial score (nSPS) is 11.7. The fourth-order valence-electron chi connectivity index (χ4n) is 0.889. The third-order valence-electron chi connectivity index (χ3n) is 1.29. The molecule has 0 aliphatic heterocycles. The molecule has 1 heterocycles. The van der Waals surface area contributed by atoms with E-state index in [9.17, 15) is 0 Å². The smallest absolute Gasteiger partial charge is 0.134 e. The molecule has 0 unspecified atom stereocenters. The third kappa shape index (κ3) is 2.71. The molecule has 0 atom stereocenters. The topological polar surface area (TPSA) is 28.5 Å². The van der Waals surface area contributed by atoms with E-state index >= 15 is 0 Å². The highest BCUT2D eigenvalue weighted by atomic mass is 32.1. The highest BCUT2D eigenvalue weighted by molar-refractivity contribution is 7.11. The molecule has 0 saturated carbocycles. The zero-order chi connectivity index (χ0) is 8.97. The van der Waals surface area contributed by atoms with Gasteiger partial charge in [0.15, 0.2) is 0 Å². The average molecular weight is 183 g/mol. The SMILES string of the molecule is CN=Cc1nc(CN(C)C)cs1. The van der Waals surface area contributed by atoms with E-state index in [1.807, 2.05) is 14.1 Å². The van der Waals surface area contributed by atoms with Crippen molar-refractivity contribution in [2.75, 3.05) is 21.1 Å². The predicted molar refractivity (Wildman–Crippen MR) is 53.0 cm³/mol. The third-order valence-corrected chi connectivity index (χ3v) is 2.12. The summed E-state index contributed by atoms with van der Waals surface area (Å²) in [6.07, 6.45) is 1.78. The van der Waals surface area contributed by atoms with Crippen molar-refractivity contribution >= 4 is 17.6 Å². The molecule has 0 fully saturated rings. The Morgan fingerprint density at radius 3 is 3.00 bits per heavy atom. The molecule has 12 heavy (non-hydrogen) atoms. The van der Waals surface area contributed by atoms with E-state index in [4.69, 9.17) is 0 Å². The monoisotopic (exact) mass is 183 g/mol. The predicted octanol–water partition coefficient (Wildman–Crippen LogP) is 1.25. The first-order valence-electron chi connectivity index (χ1n) is 3.73. The number of aromatic nitrogens is 1. The van der Waals surface area contributed by atoms with Gasteiger partial charge in [0.05, 0.1) is 11.9 Å². The molecular formula is C8H13N3S. The summed E-state index contributed by atoms with van der Waals surface area (Å²) in [6, 6.07) is 0. The molecule has 0 bridgehead atoms. The Hall–Kier alpha value is -0.740. The van der Waals surface area contributed by atoms with E-state index in [-0.39, 0.29) is 0 Å². The van der Waals surface area contributed by atoms with Crippen LogP contribution < -0.4 is 0 Å². The summed E-state index contributed by atoms with van der Waals surface area (Å²) in [5.41, 5.74) is 1.11. The van der Waals surface area contributed by atoms with Gasteiger partial charge in [-0.2, -0.15) is 0 Å². The van der Waals surface area contributed by atoms with Gasteiger partial charge in [-0.05, 0) is 14.1 Å². The lowest BCUT2D eigenvalue weighted by Gasteiger charge is -2.04. The Labute approximate surface area is 76.8 Å². The molecule has 0 aliphatic carbocycles. The van der Waals surface area contributed by atoms with Crippen molar-refractivity contribution in [1.82, 2.24) is 9.88 Å². The summed E-state index contributed by atoms with van der Waals surface area (Å²) in [7, 11) is 5.83. The van der Waals surface area contributed by atoms with Crippen LogP contribution in [0.15, 0.2) is 10.4 Å². The Morgan fingerprint density at radius 2 is 2.42 bits per heavy atom. The van der Waals surface area contributed by atoms with Crippen LogP contribution in [-0.4, -0.2) is 37.2 Å². The molecule has 0 aliphatic rings. The lowest BCUT2D eigenvalue weighted by Crippen LogP contribution is -2.10. The summed E-state index contributed by atoms with van der Waals surface area (Å²) in [5, 5.41) is 3.05. The Bertz CT molecular complexity index is 265. The number of thiazole rings is 1. The van der Waals surface area contributed by atoms with E-state index in [2.05, 4.69) is 20.3 Å². The van der Waals surface area contributed by atoms with Crippen molar-refractivity contribution < 1.29 is 0 Å². The molecule has 0 saturated heterocycles. The second-order valence-corrected chi connectivity index (χ2v) is 3.69. The first kappa shape index (κ1) is 9.35. The fraction of sp³-hybridized carbons (Fsp3) is 0.500. The van der Waals surface area contributed by atoms with E-state index in [0.29, 0.717) is 0 Å². The van der Waals surface area contributed by atoms with Gasteiger partial charge in [0, 0.05) is 19.0 Å². The minimum atomic E-state index is 0.897. The second kappa shape index (κ2) is 4.33. The van der Waals surface area contributed by atoms with Gasteiger partial charge in [0.2, 0.25) is 0 Å². The Balaban J connectivity index is 2.64. The molecule has 0 radical (unpaired) electrons. The van der Waals surface area contributed by atoms with Crippen LogP contribution in [0.5, 0.6) is 0 Å². The van der Waals surface area contributed by atoms with Gasteiger partial charge >= 0.3 is 0 Å². The minimum absolute atomic E-state index is 0.897. The van der Waals surface area contributed by atoms with Crippen LogP contribution in [0.25, 0.3) is 0 Å². The van der Waals surface area contributed by atoms with E-state index < -0.39 is 0 Å². The molecule has 1 rings (SSSR count). The molecule has 0 aromatic carbocycles. The van der Waals surface area contributed by atoms with Gasteiger partial charge < -0.3 is 4.90 Å². The van der Waals surface area contributed by atoms with Gasteiger partial charge in [-0.3, -0.25) is 4.99 Å². The first-order valence-corrected chi connectivity index (χ1v) is 4.61. The summed E-state index contributed by atoms with van der Waals surface area (Å²) >= 11 is 1.63. The van der Waals surface area contributed by atoms with Gasteiger partial charge in [0.1, 0.15) is 5.01 Å². The standard InChI is InChI=1S/C8H13N3S/c1-9-4-8-10-7(6-12-8)5-11(2)3/h4,6H,5H2,1-3H3. The number of rotatable bonds is 3. The summed E-state index contributed by atoms with van der Waals surface area (Å²) in [6.45, 7) is 0.897. The lowest BCUT2D eigenvalue weighted by atomic mass is 10.5. The number of hydrogen-bond acceptors (Lipinski definition) is 4. The van der Waals surface area contributed by atoms with Crippen molar-refractivity contribution in [2.45, 2.75) is 6.54 Å². The lowest BCUT2D eigenvalue weighted by molar-refractivity contribution is 0.398. The Morgan fingerprint density at radius 1 is 1.67 bits per heavy atom. The summed E-state index contributed by atoms with van der Waals surface area (Å²) in [4.78, 5) is 10.4. The number of aliphatic imine (C=N–C) groups is 1. The molecular weight excluding hydrogens is 170 g/mol. The van der Waals surface area contributed by atoms with Crippen LogP contribution >= 0.6 is 11.3 Å². The van der Waals surface area contributed by atoms with Gasteiger partial charge in [-0.1, -0.05) is 0 Å². The van der Waals surface area contributed by atoms with E-state index in [0.717, 1.165) is 17.2 Å². The highest BCUT2D eigenvalue weighted by Crippen LogP contribution is 2.08. The second-order valence-electron chi connectivity index (χ2n) is 2.80. The maximum atomic E-state index is 4.37. The number of hydrogen-bond donors (Lipinski definition) is 0. The zero-order valence-corrected chi connectivity index (χ0v) is 8.43. The molecule has 3 nitrogen and oxygen atoms in total. The molecule has 0 N–H and O–H groups in total. The van der Waals surface area contributed by atoms with Crippen LogP contribution in [0.1, 0.15) is 10.7 Å². The van der Waals surface area contributed by atoms with Crippen LogP contribution in [0.2, 0.25) is 0 Å². The molecule has 1 aromatic heterocycles. The van der Waals surface area contributed by atoms with Crippen molar-refractivity contribution in [3.63, 3.8) is 0 Å². The largest absolute Gasteiger partial charge is 0.304 e. The van der Waals surface area contributed by atoms with Gasteiger partial charge in [0.25, 0.3) is 0 Å². The van der Waals surface area contributed by atoms with Crippen LogP contribution in [0.4, 0.5) is 0 Å². The summed E-state index contributed by atoms with van der Waals surface area (Å²) in [5.74, 6) is 0. The van der Waals surface area contributed by atoms with E-state index in [1.165, 1.54) is 0 Å². The van der Waals surface area contributed by atoms with E-state index in [1.54, 1.807) is 24.6 Å². The minimum Gasteiger partial charge on any atom is -0.304 e. The van der Waals surface area contributed by atoms with Crippen LogP contribution in [0.3, 0.4) is 0 Å². The number of nitrogens with zero attached hydrogens (tertiary/aromatic N) is 3. The molecule has 66 valence electrons. The van der Waals surface area contributed by atoms with Crippen LogP contribution in [0, 0.1) is 0 Å². The molecule has 0 spiro atoms. The molecule has 1 aromatic rings.